The zero-order chi connectivity index (χ0) is 7.84. The molecule has 2 aromatic rings. The Morgan fingerprint density at radius 2 is 2.18 bits per heavy atom. The number of anilines is 1. The van der Waals surface area contributed by atoms with E-state index in [4.69, 9.17) is 5.73 Å². The van der Waals surface area contributed by atoms with Crippen LogP contribution in [0.25, 0.3) is 11.2 Å². The molecule has 0 bridgehead atoms. The van der Waals surface area contributed by atoms with Crippen molar-refractivity contribution in [2.75, 3.05) is 5.73 Å². The van der Waals surface area contributed by atoms with E-state index in [1.165, 1.54) is 6.33 Å². The molecule has 2 rings (SSSR count). The molecule has 0 unspecified atom stereocenters. The van der Waals surface area contributed by atoms with E-state index in [2.05, 4.69) is 31.1 Å². The van der Waals surface area contributed by atoms with Gasteiger partial charge in [-0.2, -0.15) is 0 Å². The highest BCUT2D eigenvalue weighted by Crippen LogP contribution is 2.14. The van der Waals surface area contributed by atoms with Gasteiger partial charge in [-0.1, -0.05) is 0 Å². The molecule has 0 aliphatic heterocycles. The second-order valence-corrected chi connectivity index (χ2v) is 2.75. The lowest BCUT2D eigenvalue weighted by Gasteiger charge is -1.91. The fourth-order valence-corrected chi connectivity index (χ4v) is 1.18. The van der Waals surface area contributed by atoms with Gasteiger partial charge in [-0.15, -0.1) is 0 Å². The van der Waals surface area contributed by atoms with Gasteiger partial charge in [0.1, 0.15) is 12.7 Å². The summed E-state index contributed by atoms with van der Waals surface area (Å²) in [7, 11) is 0. The zero-order valence-corrected chi connectivity index (χ0v) is 6.98. The molecule has 0 atom stereocenters. The van der Waals surface area contributed by atoms with Crippen LogP contribution in [0, 0.1) is 0 Å². The molecule has 0 saturated heterocycles. The van der Waals surface area contributed by atoms with Crippen LogP contribution in [0.1, 0.15) is 0 Å². The van der Waals surface area contributed by atoms with Gasteiger partial charge in [0.2, 0.25) is 0 Å². The first-order valence-corrected chi connectivity index (χ1v) is 3.59. The summed E-state index contributed by atoms with van der Waals surface area (Å²) in [5.74, 6) is 0.396. The summed E-state index contributed by atoms with van der Waals surface area (Å²) in [6, 6.07) is 0. The minimum absolute atomic E-state index is 0.396. The Morgan fingerprint density at radius 1 is 1.36 bits per heavy atom. The first-order chi connectivity index (χ1) is 5.29. The molecule has 2 aromatic heterocycles. The zero-order valence-electron chi connectivity index (χ0n) is 5.40. The van der Waals surface area contributed by atoms with Crippen LogP contribution < -0.4 is 5.73 Å². The van der Waals surface area contributed by atoms with Crippen LogP contribution in [0.5, 0.6) is 0 Å². The highest BCUT2D eigenvalue weighted by atomic mass is 79.9. The Labute approximate surface area is 70.6 Å². The average Bonchev–Trinajstić information content (AvgIpc) is 2.35. The number of aromatic nitrogens is 4. The smallest absolute Gasteiger partial charge is 0.175 e. The summed E-state index contributed by atoms with van der Waals surface area (Å²) in [6.07, 6.45) is 2.98. The Bertz CT molecular complexity index is 395. The number of nitrogen functional groups attached to an aromatic ring is 1. The molecular formula is C5H4BrN5. The Morgan fingerprint density at radius 3 is 2.91 bits per heavy atom. The summed E-state index contributed by atoms with van der Waals surface area (Å²) in [4.78, 5) is 11.7. The molecule has 2 heterocycles. The van der Waals surface area contributed by atoms with E-state index in [-0.39, 0.29) is 0 Å². The highest BCUT2D eigenvalue weighted by molar-refractivity contribution is 9.08. The van der Waals surface area contributed by atoms with Crippen LogP contribution in [0.3, 0.4) is 0 Å². The van der Waals surface area contributed by atoms with Crippen molar-refractivity contribution in [3.05, 3.63) is 12.7 Å². The van der Waals surface area contributed by atoms with Crippen molar-refractivity contribution in [2.45, 2.75) is 0 Å². The SMILES string of the molecule is Nc1ncnc2c1ncn2Br. The summed E-state index contributed by atoms with van der Waals surface area (Å²) in [6.45, 7) is 0. The molecule has 6 heteroatoms. The van der Waals surface area contributed by atoms with Crippen LogP contribution in [-0.4, -0.2) is 18.5 Å². The third kappa shape index (κ3) is 0.864. The van der Waals surface area contributed by atoms with Crippen molar-refractivity contribution in [2.24, 2.45) is 0 Å². The van der Waals surface area contributed by atoms with E-state index in [9.17, 15) is 0 Å². The number of fused-ring (bicyclic) bond motifs is 1. The number of nitrogens with zero attached hydrogens (tertiary/aromatic N) is 4. The van der Waals surface area contributed by atoms with E-state index in [1.807, 2.05) is 0 Å². The summed E-state index contributed by atoms with van der Waals surface area (Å²) in [5.41, 5.74) is 6.82. The maximum absolute atomic E-state index is 5.52. The highest BCUT2D eigenvalue weighted by Gasteiger charge is 2.04. The average molecular weight is 214 g/mol. The predicted octanol–water partition coefficient (Wildman–Crippen LogP) is 0.567. The van der Waals surface area contributed by atoms with Crippen molar-refractivity contribution in [1.29, 1.82) is 0 Å². The van der Waals surface area contributed by atoms with Crippen LogP contribution in [0.4, 0.5) is 5.82 Å². The van der Waals surface area contributed by atoms with E-state index < -0.39 is 0 Å². The molecule has 0 aliphatic rings. The number of hydrogen-bond acceptors (Lipinski definition) is 4. The second-order valence-electron chi connectivity index (χ2n) is 1.99. The lowest BCUT2D eigenvalue weighted by molar-refractivity contribution is 1.19. The van der Waals surface area contributed by atoms with Crippen molar-refractivity contribution >= 4 is 33.1 Å². The molecule has 0 amide bonds. The predicted molar refractivity (Wildman–Crippen MR) is 44.1 cm³/mol. The van der Waals surface area contributed by atoms with Gasteiger partial charge in [-0.3, -0.25) is 0 Å². The molecule has 5 nitrogen and oxygen atoms in total. The molecule has 2 N–H and O–H groups in total. The standard InChI is InChI=1S/C5H4BrN5/c6-11-2-10-3-4(7)8-1-9-5(3)11/h1-2H,(H2,7,8,9). The second kappa shape index (κ2) is 2.16. The van der Waals surface area contributed by atoms with E-state index in [0.717, 1.165) is 0 Å². The van der Waals surface area contributed by atoms with Gasteiger partial charge in [0.15, 0.2) is 17.0 Å². The summed E-state index contributed by atoms with van der Waals surface area (Å²) >= 11 is 3.21. The van der Waals surface area contributed by atoms with Crippen LogP contribution in [-0.2, 0) is 0 Å². The number of hydrogen-bond donors (Lipinski definition) is 1. The fourth-order valence-electron chi connectivity index (χ4n) is 0.826. The van der Waals surface area contributed by atoms with Gasteiger partial charge in [0, 0.05) is 0 Å². The van der Waals surface area contributed by atoms with Crippen molar-refractivity contribution in [1.82, 2.24) is 18.5 Å². The largest absolute Gasteiger partial charge is 0.382 e. The lowest BCUT2D eigenvalue weighted by Crippen LogP contribution is -1.92. The first kappa shape index (κ1) is 6.53. The quantitative estimate of drug-likeness (QED) is 0.695. The molecule has 0 fully saturated rings. The summed E-state index contributed by atoms with van der Waals surface area (Å²) < 4.78 is 1.61. The molecule has 0 aliphatic carbocycles. The fraction of sp³-hybridized carbons (Fsp3) is 0. The third-order valence-electron chi connectivity index (χ3n) is 1.32. The normalized spacial score (nSPS) is 10.6. The van der Waals surface area contributed by atoms with E-state index in [1.54, 1.807) is 9.92 Å². The van der Waals surface area contributed by atoms with Crippen molar-refractivity contribution in [3.63, 3.8) is 0 Å². The number of nitrogens with two attached hydrogens (primary N) is 1. The molecule has 11 heavy (non-hydrogen) atoms. The minimum atomic E-state index is 0.396. The lowest BCUT2D eigenvalue weighted by atomic mass is 10.5. The molecule has 0 spiro atoms. The van der Waals surface area contributed by atoms with Crippen molar-refractivity contribution in [3.8, 4) is 0 Å². The van der Waals surface area contributed by atoms with Crippen LogP contribution >= 0.6 is 16.1 Å². The van der Waals surface area contributed by atoms with Gasteiger partial charge in [-0.25, -0.2) is 18.5 Å². The topological polar surface area (TPSA) is 69.6 Å². The molecule has 0 aromatic carbocycles. The molecule has 0 radical (unpaired) electrons. The minimum Gasteiger partial charge on any atom is -0.382 e. The van der Waals surface area contributed by atoms with Crippen molar-refractivity contribution < 1.29 is 0 Å². The maximum Gasteiger partial charge on any atom is 0.175 e. The van der Waals surface area contributed by atoms with Gasteiger partial charge < -0.3 is 5.73 Å². The molecule has 0 saturated carbocycles. The van der Waals surface area contributed by atoms with E-state index in [0.29, 0.717) is 17.0 Å². The maximum atomic E-state index is 5.52. The molecule has 56 valence electrons. The monoisotopic (exact) mass is 213 g/mol. The van der Waals surface area contributed by atoms with E-state index >= 15 is 0 Å². The van der Waals surface area contributed by atoms with Crippen LogP contribution in [0.15, 0.2) is 12.7 Å². The van der Waals surface area contributed by atoms with Gasteiger partial charge in [0.05, 0.1) is 16.1 Å². The molecular weight excluding hydrogens is 210 g/mol. The third-order valence-corrected chi connectivity index (χ3v) is 1.84. The van der Waals surface area contributed by atoms with Crippen LogP contribution in [0.2, 0.25) is 0 Å². The van der Waals surface area contributed by atoms with Gasteiger partial charge in [-0.05, 0) is 0 Å². The van der Waals surface area contributed by atoms with Gasteiger partial charge in [0.25, 0.3) is 0 Å². The Hall–Kier alpha value is -1.17. The first-order valence-electron chi connectivity index (χ1n) is 2.88. The Kier molecular flexibility index (Phi) is 1.28. The summed E-state index contributed by atoms with van der Waals surface area (Å²) in [5, 5.41) is 0. The number of rotatable bonds is 0. The van der Waals surface area contributed by atoms with Gasteiger partial charge >= 0.3 is 0 Å². The number of halogens is 1. The Balaban J connectivity index is 2.94. The number of imidazole rings is 1.